The van der Waals surface area contributed by atoms with Gasteiger partial charge in [0.05, 0.1) is 24.8 Å². The second-order valence-corrected chi connectivity index (χ2v) is 8.43. The Morgan fingerprint density at radius 3 is 2.67 bits per heavy atom. The van der Waals surface area contributed by atoms with Crippen molar-refractivity contribution in [1.82, 2.24) is 4.98 Å². The molecule has 2 aromatic rings. The molecule has 0 aliphatic carbocycles. The van der Waals surface area contributed by atoms with E-state index in [1.807, 2.05) is 6.92 Å². The van der Waals surface area contributed by atoms with Crippen molar-refractivity contribution in [3.05, 3.63) is 58.4 Å². The molecule has 0 unspecified atom stereocenters. The molecule has 0 radical (unpaired) electrons. The molecule has 0 amide bonds. The van der Waals surface area contributed by atoms with Gasteiger partial charge in [-0.25, -0.2) is 14.2 Å². The Morgan fingerprint density at radius 1 is 1.30 bits per heavy atom. The average molecular weight is 479 g/mol. The molecule has 8 nitrogen and oxygen atoms in total. The molecule has 1 aromatic carbocycles. The van der Waals surface area contributed by atoms with Crippen LogP contribution in [-0.4, -0.2) is 48.8 Å². The predicted octanol–water partition coefficient (Wildman–Crippen LogP) is 4.15. The number of halogens is 1. The number of benzene rings is 1. The lowest BCUT2D eigenvalue weighted by molar-refractivity contribution is -0.149. The molecule has 33 heavy (non-hydrogen) atoms. The molecular formula is C23H27FN2O6S. The number of esters is 2. The van der Waals surface area contributed by atoms with E-state index in [1.54, 1.807) is 13.8 Å². The number of carbonyl (C=O) groups excluding carboxylic acids is 3. The average Bonchev–Trinajstić information content (AvgIpc) is 3.25. The van der Waals surface area contributed by atoms with Crippen molar-refractivity contribution >= 4 is 34.7 Å². The van der Waals surface area contributed by atoms with Crippen LogP contribution in [0.5, 0.6) is 0 Å². The Morgan fingerprint density at radius 2 is 2.03 bits per heavy atom. The maximum absolute atomic E-state index is 14.0. The highest BCUT2D eigenvalue weighted by atomic mass is 32.1. The molecule has 0 N–H and O–H groups in total. The summed E-state index contributed by atoms with van der Waals surface area (Å²) in [6, 6.07) is 3.92. The molecule has 0 spiro atoms. The first-order valence-corrected chi connectivity index (χ1v) is 11.0. The van der Waals surface area contributed by atoms with Gasteiger partial charge in [0, 0.05) is 24.6 Å². The highest BCUT2D eigenvalue weighted by Crippen LogP contribution is 2.25. The molecule has 0 aliphatic heterocycles. The third-order valence-corrected chi connectivity index (χ3v) is 5.42. The number of ether oxygens (including phenoxy) is 3. The number of hydrogen-bond donors (Lipinski definition) is 0. The van der Waals surface area contributed by atoms with Crippen LogP contribution in [0.3, 0.4) is 0 Å². The van der Waals surface area contributed by atoms with Crippen molar-refractivity contribution in [1.29, 1.82) is 0 Å². The first-order chi connectivity index (χ1) is 15.6. The summed E-state index contributed by atoms with van der Waals surface area (Å²) in [5.74, 6) is -2.02. The van der Waals surface area contributed by atoms with Crippen LogP contribution in [0.25, 0.3) is 0 Å². The zero-order chi connectivity index (χ0) is 24.6. The van der Waals surface area contributed by atoms with E-state index in [2.05, 4.69) is 16.3 Å². The van der Waals surface area contributed by atoms with E-state index in [-0.39, 0.29) is 36.1 Å². The lowest BCUT2D eigenvalue weighted by Gasteiger charge is -2.26. The lowest BCUT2D eigenvalue weighted by atomic mass is 10.1. The van der Waals surface area contributed by atoms with Crippen LogP contribution in [0.4, 0.5) is 10.1 Å². The fourth-order valence-electron chi connectivity index (χ4n) is 3.01. The van der Waals surface area contributed by atoms with Gasteiger partial charge < -0.3 is 19.1 Å². The van der Waals surface area contributed by atoms with Gasteiger partial charge in [0.15, 0.2) is 23.2 Å². The maximum Gasteiger partial charge on any atom is 0.357 e. The van der Waals surface area contributed by atoms with Crippen molar-refractivity contribution in [3.63, 3.8) is 0 Å². The van der Waals surface area contributed by atoms with Gasteiger partial charge in [-0.2, -0.15) is 0 Å². The topological polar surface area (TPSA) is 95.0 Å². The molecule has 0 saturated heterocycles. The number of aromatic nitrogens is 1. The molecule has 0 bridgehead atoms. The molecule has 10 heteroatoms. The molecule has 0 saturated carbocycles. The molecule has 1 aromatic heterocycles. The Balaban J connectivity index is 2.15. The van der Waals surface area contributed by atoms with Crippen LogP contribution in [-0.2, 0) is 25.4 Å². The number of rotatable bonds is 12. The van der Waals surface area contributed by atoms with Crippen molar-refractivity contribution < 1.29 is 33.0 Å². The summed E-state index contributed by atoms with van der Waals surface area (Å²) in [4.78, 5) is 42.0. The second-order valence-electron chi connectivity index (χ2n) is 7.57. The zero-order valence-corrected chi connectivity index (χ0v) is 19.9. The molecular weight excluding hydrogens is 451 g/mol. The normalized spacial score (nSPS) is 11.1. The summed E-state index contributed by atoms with van der Waals surface area (Å²) >= 11 is 1.02. The van der Waals surface area contributed by atoms with Crippen molar-refractivity contribution in [2.75, 3.05) is 25.3 Å². The van der Waals surface area contributed by atoms with E-state index >= 15 is 0 Å². The maximum atomic E-state index is 14.0. The number of methoxy groups -OCH3 is 1. The minimum Gasteiger partial charge on any atom is -0.464 e. The second kappa shape index (κ2) is 11.7. The third-order valence-electron chi connectivity index (χ3n) is 4.54. The van der Waals surface area contributed by atoms with E-state index in [0.717, 1.165) is 11.3 Å². The smallest absolute Gasteiger partial charge is 0.357 e. The van der Waals surface area contributed by atoms with Crippen LogP contribution in [0, 0.1) is 5.82 Å². The van der Waals surface area contributed by atoms with Crippen molar-refractivity contribution in [2.45, 2.75) is 39.2 Å². The summed E-state index contributed by atoms with van der Waals surface area (Å²) in [6.45, 7) is 9.33. The van der Waals surface area contributed by atoms with Gasteiger partial charge in [0.25, 0.3) is 0 Å². The van der Waals surface area contributed by atoms with E-state index in [1.165, 1.54) is 41.8 Å². The molecule has 178 valence electrons. The summed E-state index contributed by atoms with van der Waals surface area (Å²) in [6.07, 6.45) is 1.30. The highest BCUT2D eigenvalue weighted by molar-refractivity contribution is 7.11. The van der Waals surface area contributed by atoms with Gasteiger partial charge in [-0.05, 0) is 38.5 Å². The number of hydrogen-bond acceptors (Lipinski definition) is 9. The van der Waals surface area contributed by atoms with E-state index in [4.69, 9.17) is 9.47 Å². The van der Waals surface area contributed by atoms with Gasteiger partial charge >= 0.3 is 11.9 Å². The Bertz CT molecular complexity index is 1020. The number of carbonyl (C=O) groups is 3. The first kappa shape index (κ1) is 26.1. The van der Waals surface area contributed by atoms with Crippen LogP contribution in [0.15, 0.2) is 36.4 Å². The Hall–Kier alpha value is -3.11. The Kier molecular flexibility index (Phi) is 9.24. The Labute approximate surface area is 196 Å². The van der Waals surface area contributed by atoms with Crippen LogP contribution >= 0.6 is 11.3 Å². The quantitative estimate of drug-likeness (QED) is 0.255. The number of Topliss-reactive ketones (excluding diaryl/α,β-unsaturated/α-hetero) is 1. The molecule has 0 fully saturated rings. The number of thiazole rings is 1. The minimum absolute atomic E-state index is 0.0346. The molecule has 2 rings (SSSR count). The zero-order valence-electron chi connectivity index (χ0n) is 19.1. The van der Waals surface area contributed by atoms with Gasteiger partial charge in [-0.3, -0.25) is 9.59 Å². The van der Waals surface area contributed by atoms with Gasteiger partial charge in [0.2, 0.25) is 0 Å². The summed E-state index contributed by atoms with van der Waals surface area (Å²) in [5.41, 5.74) is 0.152. The lowest BCUT2D eigenvalue weighted by Crippen LogP contribution is -2.31. The van der Waals surface area contributed by atoms with Crippen LogP contribution in [0.1, 0.15) is 53.0 Å². The van der Waals surface area contributed by atoms with Crippen LogP contribution in [0.2, 0.25) is 0 Å². The fourth-order valence-corrected chi connectivity index (χ4v) is 3.73. The highest BCUT2D eigenvalue weighted by Gasteiger charge is 2.24. The monoisotopic (exact) mass is 478 g/mol. The van der Waals surface area contributed by atoms with Crippen molar-refractivity contribution in [2.24, 2.45) is 0 Å². The SMILES string of the molecule is C=CN(COC(=O)CC(C)(C)OCC)c1cc(F)ccc1CC(=O)c1nc(C(=O)OC)cs1. The predicted molar refractivity (Wildman–Crippen MR) is 122 cm³/mol. The van der Waals surface area contributed by atoms with E-state index in [9.17, 15) is 18.8 Å². The van der Waals surface area contributed by atoms with E-state index in [0.29, 0.717) is 17.9 Å². The van der Waals surface area contributed by atoms with Gasteiger partial charge in [-0.1, -0.05) is 12.6 Å². The number of nitrogens with zero attached hydrogens (tertiary/aromatic N) is 2. The summed E-state index contributed by atoms with van der Waals surface area (Å²) < 4.78 is 29.4. The molecule has 0 atom stereocenters. The largest absolute Gasteiger partial charge is 0.464 e. The number of ketones is 1. The van der Waals surface area contributed by atoms with Crippen molar-refractivity contribution in [3.8, 4) is 0 Å². The third kappa shape index (κ3) is 7.47. The molecule has 1 heterocycles. The van der Waals surface area contributed by atoms with Gasteiger partial charge in [0.1, 0.15) is 5.82 Å². The number of anilines is 1. The van der Waals surface area contributed by atoms with Gasteiger partial charge in [-0.15, -0.1) is 11.3 Å². The minimum atomic E-state index is -0.683. The summed E-state index contributed by atoms with van der Waals surface area (Å²) in [5, 5.41) is 1.56. The first-order valence-electron chi connectivity index (χ1n) is 10.1. The summed E-state index contributed by atoms with van der Waals surface area (Å²) in [7, 11) is 1.22. The van der Waals surface area contributed by atoms with Crippen LogP contribution < -0.4 is 4.90 Å². The van der Waals surface area contributed by atoms with E-state index < -0.39 is 23.4 Å². The fraction of sp³-hybridized carbons (Fsp3) is 0.391. The standard InChI is InChI=1S/C23H27FN2O6S/c1-6-26(14-31-20(28)12-23(3,4)32-7-2)18-11-16(24)9-8-15(18)10-19(27)21-25-17(13-33-21)22(29)30-5/h6,8-9,11,13H,1,7,10,12,14H2,2-5H3. The molecule has 0 aliphatic rings.